The van der Waals surface area contributed by atoms with Crippen LogP contribution in [0.2, 0.25) is 0 Å². The largest absolute Gasteiger partial charge is 0.465 e. The lowest BCUT2D eigenvalue weighted by atomic mass is 10.2. The minimum atomic E-state index is -0.284. The second kappa shape index (κ2) is 8.10. The SMILES string of the molecule is CCOC(=O)CN(Cc1ccc(F)cc1)Cc1nc2ccccc2n1C. The van der Waals surface area contributed by atoms with Crippen molar-refractivity contribution in [3.8, 4) is 0 Å². The highest BCUT2D eigenvalue weighted by atomic mass is 19.1. The van der Waals surface area contributed by atoms with Crippen molar-refractivity contribution in [2.45, 2.75) is 20.0 Å². The van der Waals surface area contributed by atoms with Gasteiger partial charge in [-0.25, -0.2) is 9.37 Å². The Kier molecular flexibility index (Phi) is 5.63. The van der Waals surface area contributed by atoms with Crippen molar-refractivity contribution in [1.29, 1.82) is 0 Å². The molecule has 5 nitrogen and oxygen atoms in total. The number of ether oxygens (including phenoxy) is 1. The van der Waals surface area contributed by atoms with Crippen molar-refractivity contribution in [1.82, 2.24) is 14.5 Å². The molecule has 0 bridgehead atoms. The van der Waals surface area contributed by atoms with E-state index in [4.69, 9.17) is 4.74 Å². The maximum absolute atomic E-state index is 13.2. The number of para-hydroxylation sites is 2. The quantitative estimate of drug-likeness (QED) is 0.610. The van der Waals surface area contributed by atoms with Crippen molar-refractivity contribution >= 4 is 17.0 Å². The molecule has 0 unspecified atom stereocenters. The fraction of sp³-hybridized carbons (Fsp3) is 0.300. The van der Waals surface area contributed by atoms with E-state index in [1.807, 2.05) is 40.8 Å². The number of hydrogen-bond donors (Lipinski definition) is 0. The number of aryl methyl sites for hydroxylation is 1. The molecule has 3 aromatic rings. The summed E-state index contributed by atoms with van der Waals surface area (Å²) in [5, 5.41) is 0. The van der Waals surface area contributed by atoms with Crippen LogP contribution in [0.1, 0.15) is 18.3 Å². The molecule has 0 atom stereocenters. The zero-order valence-corrected chi connectivity index (χ0v) is 15.0. The molecule has 0 amide bonds. The summed E-state index contributed by atoms with van der Waals surface area (Å²) in [5.41, 5.74) is 2.89. The average molecular weight is 355 g/mol. The third kappa shape index (κ3) is 4.26. The summed E-state index contributed by atoms with van der Waals surface area (Å²) in [4.78, 5) is 18.6. The summed E-state index contributed by atoms with van der Waals surface area (Å²) in [6.07, 6.45) is 0. The number of benzene rings is 2. The van der Waals surface area contributed by atoms with Gasteiger partial charge in [-0.3, -0.25) is 9.69 Å². The third-order valence-electron chi connectivity index (χ3n) is 4.22. The molecule has 1 aromatic heterocycles. The number of carbonyl (C=O) groups is 1. The highest BCUT2D eigenvalue weighted by molar-refractivity contribution is 5.75. The molecule has 0 aliphatic heterocycles. The van der Waals surface area contributed by atoms with Crippen LogP contribution in [0.4, 0.5) is 4.39 Å². The zero-order valence-electron chi connectivity index (χ0n) is 15.0. The van der Waals surface area contributed by atoms with Crippen molar-refractivity contribution in [3.05, 3.63) is 65.7 Å². The van der Waals surface area contributed by atoms with Crippen LogP contribution in [-0.2, 0) is 29.7 Å². The maximum atomic E-state index is 13.2. The van der Waals surface area contributed by atoms with E-state index in [-0.39, 0.29) is 18.3 Å². The van der Waals surface area contributed by atoms with Crippen LogP contribution >= 0.6 is 0 Å². The van der Waals surface area contributed by atoms with Crippen molar-refractivity contribution in [2.75, 3.05) is 13.2 Å². The van der Waals surface area contributed by atoms with Gasteiger partial charge in [-0.15, -0.1) is 0 Å². The van der Waals surface area contributed by atoms with Crippen LogP contribution in [0.3, 0.4) is 0 Å². The first-order valence-electron chi connectivity index (χ1n) is 8.59. The van der Waals surface area contributed by atoms with E-state index in [0.717, 1.165) is 22.4 Å². The molecule has 0 saturated heterocycles. The monoisotopic (exact) mass is 355 g/mol. The first-order valence-corrected chi connectivity index (χ1v) is 8.59. The molecule has 0 saturated carbocycles. The van der Waals surface area contributed by atoms with Gasteiger partial charge in [-0.05, 0) is 36.8 Å². The lowest BCUT2D eigenvalue weighted by Gasteiger charge is -2.21. The van der Waals surface area contributed by atoms with Crippen LogP contribution in [0.15, 0.2) is 48.5 Å². The Bertz CT molecular complexity index is 890. The summed E-state index contributed by atoms with van der Waals surface area (Å²) in [6.45, 7) is 3.27. The molecule has 0 spiro atoms. The number of rotatable bonds is 7. The number of imidazole rings is 1. The summed E-state index contributed by atoms with van der Waals surface area (Å²) >= 11 is 0. The molecule has 3 rings (SSSR count). The number of carbonyl (C=O) groups excluding carboxylic acids is 1. The molecule has 0 aliphatic carbocycles. The van der Waals surface area contributed by atoms with Crippen LogP contribution in [-0.4, -0.2) is 33.6 Å². The van der Waals surface area contributed by atoms with Gasteiger partial charge in [0, 0.05) is 13.6 Å². The number of halogens is 1. The first-order chi connectivity index (χ1) is 12.6. The van der Waals surface area contributed by atoms with Gasteiger partial charge in [0.15, 0.2) is 0 Å². The van der Waals surface area contributed by atoms with Gasteiger partial charge in [0.25, 0.3) is 0 Å². The summed E-state index contributed by atoms with van der Waals surface area (Å²) in [5.74, 6) is 0.298. The van der Waals surface area contributed by atoms with E-state index < -0.39 is 0 Å². The fourth-order valence-electron chi connectivity index (χ4n) is 2.94. The predicted octanol–water partition coefficient (Wildman–Crippen LogP) is 3.28. The van der Waals surface area contributed by atoms with Gasteiger partial charge in [0.05, 0.1) is 30.7 Å². The number of fused-ring (bicyclic) bond motifs is 1. The Balaban J connectivity index is 1.82. The van der Waals surface area contributed by atoms with Crippen LogP contribution in [0, 0.1) is 5.82 Å². The fourth-order valence-corrected chi connectivity index (χ4v) is 2.94. The third-order valence-corrected chi connectivity index (χ3v) is 4.22. The predicted molar refractivity (Wildman–Crippen MR) is 97.9 cm³/mol. The summed E-state index contributed by atoms with van der Waals surface area (Å²) in [6, 6.07) is 14.2. The highest BCUT2D eigenvalue weighted by Crippen LogP contribution is 2.17. The second-order valence-corrected chi connectivity index (χ2v) is 6.15. The van der Waals surface area contributed by atoms with Crippen molar-refractivity contribution in [2.24, 2.45) is 7.05 Å². The Morgan fingerprint density at radius 1 is 1.15 bits per heavy atom. The zero-order chi connectivity index (χ0) is 18.5. The Hall–Kier alpha value is -2.73. The average Bonchev–Trinajstić information content (AvgIpc) is 2.93. The lowest BCUT2D eigenvalue weighted by molar-refractivity contribution is -0.144. The standard InChI is InChI=1S/C20H22FN3O2/c1-3-26-20(25)14-24(12-15-8-10-16(21)11-9-15)13-19-22-17-6-4-5-7-18(17)23(19)2/h4-11H,3,12-14H2,1-2H3. The van der Waals surface area contributed by atoms with E-state index in [1.165, 1.54) is 12.1 Å². The Morgan fingerprint density at radius 2 is 1.88 bits per heavy atom. The van der Waals surface area contributed by atoms with Crippen LogP contribution < -0.4 is 0 Å². The van der Waals surface area contributed by atoms with E-state index in [9.17, 15) is 9.18 Å². The minimum Gasteiger partial charge on any atom is -0.465 e. The van der Waals surface area contributed by atoms with Crippen molar-refractivity contribution < 1.29 is 13.9 Å². The van der Waals surface area contributed by atoms with Gasteiger partial charge in [0.1, 0.15) is 11.6 Å². The molecule has 0 aliphatic rings. The Morgan fingerprint density at radius 3 is 2.58 bits per heavy atom. The molecule has 26 heavy (non-hydrogen) atoms. The number of nitrogens with zero attached hydrogens (tertiary/aromatic N) is 3. The van der Waals surface area contributed by atoms with Crippen molar-refractivity contribution in [3.63, 3.8) is 0 Å². The van der Waals surface area contributed by atoms with Gasteiger partial charge >= 0.3 is 5.97 Å². The second-order valence-electron chi connectivity index (χ2n) is 6.15. The van der Waals surface area contributed by atoms with E-state index in [0.29, 0.717) is 19.7 Å². The topological polar surface area (TPSA) is 47.4 Å². The van der Waals surface area contributed by atoms with Gasteiger partial charge in [0.2, 0.25) is 0 Å². The summed E-state index contributed by atoms with van der Waals surface area (Å²) in [7, 11) is 1.96. The van der Waals surface area contributed by atoms with Gasteiger partial charge < -0.3 is 9.30 Å². The van der Waals surface area contributed by atoms with Gasteiger partial charge in [-0.1, -0.05) is 24.3 Å². The molecule has 1 heterocycles. The smallest absolute Gasteiger partial charge is 0.320 e. The van der Waals surface area contributed by atoms with Crippen LogP contribution in [0.25, 0.3) is 11.0 Å². The normalized spacial score (nSPS) is 11.2. The number of esters is 1. The Labute approximate surface area is 152 Å². The van der Waals surface area contributed by atoms with Gasteiger partial charge in [-0.2, -0.15) is 0 Å². The molecule has 136 valence electrons. The van der Waals surface area contributed by atoms with E-state index in [1.54, 1.807) is 19.1 Å². The molecule has 0 N–H and O–H groups in total. The minimum absolute atomic E-state index is 0.147. The molecular formula is C20H22FN3O2. The molecule has 6 heteroatoms. The van der Waals surface area contributed by atoms with E-state index >= 15 is 0 Å². The first kappa shape index (κ1) is 18.1. The molecule has 2 aromatic carbocycles. The molecule has 0 fully saturated rings. The molecular weight excluding hydrogens is 333 g/mol. The highest BCUT2D eigenvalue weighted by Gasteiger charge is 2.16. The maximum Gasteiger partial charge on any atom is 0.320 e. The molecule has 0 radical (unpaired) electrons. The van der Waals surface area contributed by atoms with E-state index in [2.05, 4.69) is 4.98 Å². The van der Waals surface area contributed by atoms with Crippen LogP contribution in [0.5, 0.6) is 0 Å². The summed E-state index contributed by atoms with van der Waals surface area (Å²) < 4.78 is 20.3. The number of aromatic nitrogens is 2. The lowest BCUT2D eigenvalue weighted by Crippen LogP contribution is -2.31. The number of hydrogen-bond acceptors (Lipinski definition) is 4.